The Bertz CT molecular complexity index is 780. The van der Waals surface area contributed by atoms with E-state index in [1.165, 1.54) is 13.0 Å². The van der Waals surface area contributed by atoms with E-state index in [-0.39, 0.29) is 17.8 Å². The van der Waals surface area contributed by atoms with Crippen LogP contribution >= 0.6 is 11.6 Å². The molecule has 1 amide bonds. The average Bonchev–Trinajstić information content (AvgIpc) is 3.31. The van der Waals surface area contributed by atoms with Gasteiger partial charge in [-0.1, -0.05) is 17.7 Å². The molecule has 3 rings (SSSR count). The van der Waals surface area contributed by atoms with Crippen molar-refractivity contribution in [2.45, 2.75) is 19.1 Å². The summed E-state index contributed by atoms with van der Waals surface area (Å²) in [6.45, 7) is 1.85. The molecule has 0 aliphatic carbocycles. The van der Waals surface area contributed by atoms with Crippen LogP contribution in [0.1, 0.15) is 18.6 Å². The molecule has 126 valence electrons. The van der Waals surface area contributed by atoms with Gasteiger partial charge in [0.25, 0.3) is 0 Å². The van der Waals surface area contributed by atoms with Crippen LogP contribution in [-0.4, -0.2) is 18.6 Å². The minimum absolute atomic E-state index is 0.0843. The molecule has 1 fully saturated rings. The second kappa shape index (κ2) is 6.75. The molecule has 0 spiro atoms. The fourth-order valence-electron chi connectivity index (χ4n) is 2.32. The number of halogens is 3. The number of anilines is 1. The van der Waals surface area contributed by atoms with Gasteiger partial charge in [-0.2, -0.15) is 0 Å². The summed E-state index contributed by atoms with van der Waals surface area (Å²) in [7, 11) is 0. The number of nitrogens with one attached hydrogen (secondary N) is 1. The molecule has 2 unspecified atom stereocenters. The van der Waals surface area contributed by atoms with Crippen molar-refractivity contribution in [2.24, 2.45) is 0 Å². The Morgan fingerprint density at radius 1 is 1.33 bits per heavy atom. The molecular formula is C17H14ClF2NO3. The van der Waals surface area contributed by atoms with Crippen LogP contribution in [0.2, 0.25) is 5.02 Å². The van der Waals surface area contributed by atoms with Crippen LogP contribution in [-0.2, 0) is 9.53 Å². The van der Waals surface area contributed by atoms with Gasteiger partial charge in [-0.25, -0.2) is 8.78 Å². The van der Waals surface area contributed by atoms with Gasteiger partial charge in [0, 0.05) is 29.3 Å². The molecule has 2 atom stereocenters. The first-order chi connectivity index (χ1) is 11.4. The lowest BCUT2D eigenvalue weighted by Gasteiger charge is -2.20. The molecular weight excluding hydrogens is 340 g/mol. The lowest BCUT2D eigenvalue weighted by Crippen LogP contribution is -2.16. The van der Waals surface area contributed by atoms with Gasteiger partial charge < -0.3 is 14.8 Å². The third kappa shape index (κ3) is 3.83. The van der Waals surface area contributed by atoms with Gasteiger partial charge in [-0.3, -0.25) is 4.79 Å². The zero-order valence-electron chi connectivity index (χ0n) is 12.7. The van der Waals surface area contributed by atoms with Crippen molar-refractivity contribution in [3.8, 4) is 5.75 Å². The second-order valence-electron chi connectivity index (χ2n) is 5.40. The van der Waals surface area contributed by atoms with E-state index in [1.54, 1.807) is 18.2 Å². The smallest absolute Gasteiger partial charge is 0.221 e. The molecule has 7 heteroatoms. The molecule has 1 aliphatic heterocycles. The summed E-state index contributed by atoms with van der Waals surface area (Å²) in [5, 5.41) is 2.98. The second-order valence-corrected chi connectivity index (χ2v) is 5.81. The Morgan fingerprint density at radius 3 is 2.67 bits per heavy atom. The van der Waals surface area contributed by atoms with E-state index in [2.05, 4.69) is 5.32 Å². The van der Waals surface area contributed by atoms with E-state index in [0.29, 0.717) is 22.9 Å². The average molecular weight is 354 g/mol. The van der Waals surface area contributed by atoms with Crippen molar-refractivity contribution >= 4 is 23.2 Å². The highest BCUT2D eigenvalue weighted by molar-refractivity contribution is 6.31. The molecule has 0 bridgehead atoms. The topological polar surface area (TPSA) is 50.9 Å². The summed E-state index contributed by atoms with van der Waals surface area (Å²) >= 11 is 6.27. The zero-order valence-corrected chi connectivity index (χ0v) is 13.4. The summed E-state index contributed by atoms with van der Waals surface area (Å²) < 4.78 is 37.8. The van der Waals surface area contributed by atoms with Gasteiger partial charge in [-0.15, -0.1) is 0 Å². The number of hydrogen-bond donors (Lipinski definition) is 1. The first-order valence-corrected chi connectivity index (χ1v) is 7.62. The van der Waals surface area contributed by atoms with Gasteiger partial charge >= 0.3 is 0 Å². The van der Waals surface area contributed by atoms with Crippen LogP contribution in [0.3, 0.4) is 0 Å². The number of hydrogen-bond acceptors (Lipinski definition) is 3. The van der Waals surface area contributed by atoms with Crippen LogP contribution in [0.15, 0.2) is 36.4 Å². The highest BCUT2D eigenvalue weighted by atomic mass is 35.5. The lowest BCUT2D eigenvalue weighted by molar-refractivity contribution is -0.114. The van der Waals surface area contributed by atoms with Gasteiger partial charge in [0.15, 0.2) is 17.7 Å². The third-order valence-electron chi connectivity index (χ3n) is 3.47. The molecule has 0 saturated carbocycles. The summed E-state index contributed by atoms with van der Waals surface area (Å²) in [4.78, 5) is 11.1. The van der Waals surface area contributed by atoms with Crippen LogP contribution in [0, 0.1) is 11.6 Å². The van der Waals surface area contributed by atoms with Crippen LogP contribution in [0.25, 0.3) is 0 Å². The van der Waals surface area contributed by atoms with Gasteiger partial charge in [0.05, 0.1) is 6.61 Å². The summed E-state index contributed by atoms with van der Waals surface area (Å²) in [6, 6.07) is 8.02. The zero-order chi connectivity index (χ0) is 17.3. The van der Waals surface area contributed by atoms with Crippen molar-refractivity contribution in [2.75, 3.05) is 11.9 Å². The number of rotatable bonds is 5. The van der Waals surface area contributed by atoms with E-state index >= 15 is 0 Å². The molecule has 1 heterocycles. The summed E-state index contributed by atoms with van der Waals surface area (Å²) in [5.41, 5.74) is 1.14. The molecule has 1 saturated heterocycles. The van der Waals surface area contributed by atoms with Gasteiger partial charge in [0.2, 0.25) is 5.91 Å². The maximum atomic E-state index is 13.8. The Kier molecular flexibility index (Phi) is 4.69. The van der Waals surface area contributed by atoms with Crippen molar-refractivity contribution in [1.82, 2.24) is 0 Å². The standard InChI is InChI=1S/C17H14ClF2NO3/c1-9(22)21-11-3-4-12(13(18)7-11)17(16-8-23-16)24-15-5-2-10(19)6-14(15)20/h2-7,16-17H,8H2,1H3,(H,21,22). The van der Waals surface area contributed by atoms with E-state index in [4.69, 9.17) is 21.1 Å². The van der Waals surface area contributed by atoms with Crippen molar-refractivity contribution in [1.29, 1.82) is 0 Å². The molecule has 2 aromatic carbocycles. The van der Waals surface area contributed by atoms with Crippen LogP contribution < -0.4 is 10.1 Å². The first-order valence-electron chi connectivity index (χ1n) is 7.24. The minimum Gasteiger partial charge on any atom is -0.480 e. The Hall–Kier alpha value is -2.18. The Labute approximate surface area is 142 Å². The normalized spacial score (nSPS) is 17.2. The maximum absolute atomic E-state index is 13.8. The monoisotopic (exact) mass is 353 g/mol. The number of carbonyl (C=O) groups is 1. The Balaban J connectivity index is 1.87. The number of epoxide rings is 1. The molecule has 1 N–H and O–H groups in total. The fraction of sp³-hybridized carbons (Fsp3) is 0.235. The van der Waals surface area contributed by atoms with E-state index in [1.807, 2.05) is 0 Å². The van der Waals surface area contributed by atoms with Crippen LogP contribution in [0.4, 0.5) is 14.5 Å². The molecule has 0 radical (unpaired) electrons. The summed E-state index contributed by atoms with van der Waals surface area (Å²) in [5.74, 6) is -1.78. The molecule has 4 nitrogen and oxygen atoms in total. The van der Waals surface area contributed by atoms with Crippen molar-refractivity contribution < 1.29 is 23.0 Å². The number of benzene rings is 2. The first kappa shape index (κ1) is 16.7. The van der Waals surface area contributed by atoms with Crippen LogP contribution in [0.5, 0.6) is 5.75 Å². The van der Waals surface area contributed by atoms with E-state index < -0.39 is 17.7 Å². The summed E-state index contributed by atoms with van der Waals surface area (Å²) in [6.07, 6.45) is -0.901. The molecule has 2 aromatic rings. The highest BCUT2D eigenvalue weighted by Crippen LogP contribution is 2.37. The van der Waals surface area contributed by atoms with Gasteiger partial charge in [-0.05, 0) is 24.3 Å². The predicted octanol–water partition coefficient (Wildman–Crippen LogP) is 4.10. The van der Waals surface area contributed by atoms with E-state index in [0.717, 1.165) is 12.1 Å². The SMILES string of the molecule is CC(=O)Nc1ccc(C(Oc2ccc(F)cc2F)C2CO2)c(Cl)c1. The van der Waals surface area contributed by atoms with Crippen molar-refractivity contribution in [3.05, 3.63) is 58.6 Å². The quantitative estimate of drug-likeness (QED) is 0.823. The lowest BCUT2D eigenvalue weighted by atomic mass is 10.1. The molecule has 0 aromatic heterocycles. The predicted molar refractivity (Wildman–Crippen MR) is 85.2 cm³/mol. The number of ether oxygens (including phenoxy) is 2. The van der Waals surface area contributed by atoms with E-state index in [9.17, 15) is 13.6 Å². The number of amides is 1. The molecule has 24 heavy (non-hydrogen) atoms. The largest absolute Gasteiger partial charge is 0.480 e. The third-order valence-corrected chi connectivity index (χ3v) is 3.80. The number of carbonyl (C=O) groups excluding carboxylic acids is 1. The van der Waals surface area contributed by atoms with Crippen molar-refractivity contribution in [3.63, 3.8) is 0 Å². The minimum atomic E-state index is -0.799. The fourth-order valence-corrected chi connectivity index (χ4v) is 2.60. The maximum Gasteiger partial charge on any atom is 0.221 e. The Morgan fingerprint density at radius 2 is 2.08 bits per heavy atom. The molecule has 1 aliphatic rings. The van der Waals surface area contributed by atoms with Gasteiger partial charge in [0.1, 0.15) is 11.9 Å². The highest BCUT2D eigenvalue weighted by Gasteiger charge is 2.37.